The number of hydrogen-bond acceptors (Lipinski definition) is 7. The van der Waals surface area contributed by atoms with E-state index in [2.05, 4.69) is 26.1 Å². The molecule has 166 valence electrons. The van der Waals surface area contributed by atoms with Gasteiger partial charge in [-0.3, -0.25) is 9.59 Å². The Kier molecular flexibility index (Phi) is 5.74. The highest BCUT2D eigenvalue weighted by atomic mass is 16.5. The van der Waals surface area contributed by atoms with Crippen molar-refractivity contribution in [2.45, 2.75) is 46.6 Å². The Morgan fingerprint density at radius 1 is 1.03 bits per heavy atom. The van der Waals surface area contributed by atoms with E-state index in [9.17, 15) is 14.4 Å². The average molecular weight is 427 g/mol. The largest absolute Gasteiger partial charge is 0.468 e. The first-order valence-corrected chi connectivity index (χ1v) is 10.1. The average Bonchev–Trinajstić information content (AvgIpc) is 2.96. The molecule has 1 atom stereocenters. The molecule has 0 saturated heterocycles. The molecular weight excluding hydrogens is 398 g/mol. The Morgan fingerprint density at radius 2 is 1.65 bits per heavy atom. The number of ketones is 1. The number of carbonyl (C=O) groups is 3. The lowest BCUT2D eigenvalue weighted by Crippen LogP contribution is -2.45. The molecule has 0 radical (unpaired) electrons. The third-order valence-corrected chi connectivity index (χ3v) is 5.20. The number of Topliss-reactive ketones (excluding diaryl/α,β-unsaturated/α-hetero) is 1. The zero-order chi connectivity index (χ0) is 23.1. The fraction of sp³-hybridized carbons (Fsp3) is 0.458. The van der Waals surface area contributed by atoms with Gasteiger partial charge in [-0.15, -0.1) is 0 Å². The fourth-order valence-electron chi connectivity index (χ4n) is 4.52. The molecule has 3 rings (SSSR count). The third kappa shape index (κ3) is 4.22. The smallest absolute Gasteiger partial charge is 0.340 e. The maximum absolute atomic E-state index is 13.2. The third-order valence-electron chi connectivity index (χ3n) is 5.20. The van der Waals surface area contributed by atoms with Crippen LogP contribution in [0.5, 0.6) is 0 Å². The predicted molar refractivity (Wildman–Crippen MR) is 115 cm³/mol. The van der Waals surface area contributed by atoms with E-state index in [0.717, 1.165) is 6.42 Å². The zero-order valence-corrected chi connectivity index (χ0v) is 19.0. The molecular formula is C24H29NO6. The molecule has 1 aromatic rings. The highest BCUT2D eigenvalue weighted by Gasteiger charge is 2.49. The molecule has 0 saturated carbocycles. The van der Waals surface area contributed by atoms with Crippen LogP contribution < -0.4 is 5.32 Å². The summed E-state index contributed by atoms with van der Waals surface area (Å²) in [5.74, 6) is -2.76. The van der Waals surface area contributed by atoms with Gasteiger partial charge in [-0.05, 0) is 25.7 Å². The number of carbonyl (C=O) groups excluding carboxylic acids is 3. The quantitative estimate of drug-likeness (QED) is 0.718. The molecule has 1 heterocycles. The van der Waals surface area contributed by atoms with Crippen LogP contribution in [0.3, 0.4) is 0 Å². The highest BCUT2D eigenvalue weighted by Crippen LogP contribution is 2.45. The van der Waals surface area contributed by atoms with E-state index in [1.807, 2.05) is 13.8 Å². The van der Waals surface area contributed by atoms with Crippen molar-refractivity contribution in [2.24, 2.45) is 11.3 Å². The van der Waals surface area contributed by atoms with E-state index in [-0.39, 0.29) is 34.0 Å². The van der Waals surface area contributed by atoms with Crippen molar-refractivity contribution < 1.29 is 28.6 Å². The molecule has 7 nitrogen and oxygen atoms in total. The lowest BCUT2D eigenvalue weighted by atomic mass is 9.81. The second-order valence-corrected chi connectivity index (χ2v) is 9.66. The monoisotopic (exact) mass is 427 g/mol. The Morgan fingerprint density at radius 3 is 2.19 bits per heavy atom. The number of rotatable bonds is 5. The van der Waals surface area contributed by atoms with Gasteiger partial charge in [0.2, 0.25) is 5.88 Å². The number of ether oxygens (including phenoxy) is 3. The molecule has 0 fully saturated rings. The first-order chi connectivity index (χ1) is 14.4. The van der Waals surface area contributed by atoms with Gasteiger partial charge in [0, 0.05) is 16.7 Å². The lowest BCUT2D eigenvalue weighted by molar-refractivity contribution is -0.146. The maximum atomic E-state index is 13.2. The number of nitrogens with one attached hydrogen (secondary N) is 1. The van der Waals surface area contributed by atoms with Crippen LogP contribution in [0.15, 0.2) is 41.3 Å². The first-order valence-electron chi connectivity index (χ1n) is 10.1. The molecule has 1 unspecified atom stereocenters. The molecule has 0 spiro atoms. The molecule has 1 aromatic carbocycles. The molecule has 1 aliphatic carbocycles. The van der Waals surface area contributed by atoms with Crippen molar-refractivity contribution in [3.05, 3.63) is 52.4 Å². The van der Waals surface area contributed by atoms with Crippen LogP contribution in [-0.2, 0) is 23.8 Å². The van der Waals surface area contributed by atoms with Crippen LogP contribution in [0.4, 0.5) is 0 Å². The second kappa shape index (κ2) is 7.87. The predicted octanol–water partition coefficient (Wildman–Crippen LogP) is 3.60. The number of benzene rings is 1. The minimum atomic E-state index is -1.26. The lowest BCUT2D eigenvalue weighted by Gasteiger charge is -2.37. The number of fused-ring (bicyclic) bond motifs is 2. The molecule has 1 N–H and O–H groups in total. The number of methoxy groups -OCH3 is 2. The summed E-state index contributed by atoms with van der Waals surface area (Å²) in [6, 6.07) is 6.95. The standard InChI is InChI=1S/C24H29NO6/c1-23(2,3)12-24(4,5)25-20-17(22(28)30-7)15(21(27)29-6)16-18(26)13-10-8-9-11-14(13)19(16)31-20/h8-11,15,25H,12H2,1-7H3. The van der Waals surface area contributed by atoms with E-state index in [0.29, 0.717) is 11.1 Å². The number of hydrogen-bond donors (Lipinski definition) is 1. The van der Waals surface area contributed by atoms with Crippen LogP contribution in [0.25, 0.3) is 5.76 Å². The summed E-state index contributed by atoms with van der Waals surface area (Å²) in [7, 11) is 2.44. The van der Waals surface area contributed by atoms with Crippen LogP contribution >= 0.6 is 0 Å². The fourth-order valence-corrected chi connectivity index (χ4v) is 4.52. The minimum absolute atomic E-state index is 0.0146. The van der Waals surface area contributed by atoms with Crippen LogP contribution in [0.1, 0.15) is 57.0 Å². The molecule has 1 aliphatic heterocycles. The van der Waals surface area contributed by atoms with Crippen molar-refractivity contribution in [1.29, 1.82) is 0 Å². The van der Waals surface area contributed by atoms with E-state index in [4.69, 9.17) is 14.2 Å². The van der Waals surface area contributed by atoms with Gasteiger partial charge in [0.25, 0.3) is 0 Å². The Balaban J connectivity index is 2.17. The Labute approximate surface area is 182 Å². The first kappa shape index (κ1) is 22.6. The van der Waals surface area contributed by atoms with Gasteiger partial charge in [0.05, 0.1) is 19.8 Å². The molecule has 0 aromatic heterocycles. The molecule has 0 amide bonds. The van der Waals surface area contributed by atoms with Gasteiger partial charge in [-0.1, -0.05) is 45.0 Å². The summed E-state index contributed by atoms with van der Waals surface area (Å²) in [5.41, 5.74) is 0.505. The molecule has 2 aliphatic rings. The zero-order valence-electron chi connectivity index (χ0n) is 19.0. The van der Waals surface area contributed by atoms with Crippen molar-refractivity contribution >= 4 is 23.5 Å². The van der Waals surface area contributed by atoms with Gasteiger partial charge in [0.1, 0.15) is 17.3 Å². The molecule has 7 heteroatoms. The SMILES string of the molecule is COC(=O)C1=C(NC(C)(C)CC(C)(C)C)OC2=C(C(=O)c3ccccc32)C1C(=O)OC. The topological polar surface area (TPSA) is 90.9 Å². The van der Waals surface area contributed by atoms with E-state index in [1.54, 1.807) is 24.3 Å². The van der Waals surface area contributed by atoms with E-state index >= 15 is 0 Å². The van der Waals surface area contributed by atoms with E-state index < -0.39 is 23.4 Å². The van der Waals surface area contributed by atoms with E-state index in [1.165, 1.54) is 14.2 Å². The summed E-state index contributed by atoms with van der Waals surface area (Å²) < 4.78 is 16.1. The van der Waals surface area contributed by atoms with Gasteiger partial charge in [0.15, 0.2) is 5.78 Å². The maximum Gasteiger partial charge on any atom is 0.340 e. The van der Waals surface area contributed by atoms with Gasteiger partial charge in [-0.2, -0.15) is 0 Å². The van der Waals surface area contributed by atoms with Crippen LogP contribution in [0, 0.1) is 11.3 Å². The van der Waals surface area contributed by atoms with Crippen molar-refractivity contribution in [1.82, 2.24) is 5.32 Å². The van der Waals surface area contributed by atoms with Gasteiger partial charge < -0.3 is 19.5 Å². The van der Waals surface area contributed by atoms with Crippen molar-refractivity contribution in [3.63, 3.8) is 0 Å². The second-order valence-electron chi connectivity index (χ2n) is 9.66. The minimum Gasteiger partial charge on any atom is -0.468 e. The van der Waals surface area contributed by atoms with Gasteiger partial charge in [-0.25, -0.2) is 4.79 Å². The van der Waals surface area contributed by atoms with Crippen molar-refractivity contribution in [2.75, 3.05) is 14.2 Å². The summed E-state index contributed by atoms with van der Waals surface area (Å²) in [5, 5.41) is 3.29. The molecule has 0 bridgehead atoms. The summed E-state index contributed by atoms with van der Waals surface area (Å²) in [6.07, 6.45) is 0.742. The summed E-state index contributed by atoms with van der Waals surface area (Å²) in [4.78, 5) is 38.8. The van der Waals surface area contributed by atoms with Crippen LogP contribution in [-0.4, -0.2) is 37.5 Å². The van der Waals surface area contributed by atoms with Crippen molar-refractivity contribution in [3.8, 4) is 0 Å². The van der Waals surface area contributed by atoms with Crippen LogP contribution in [0.2, 0.25) is 0 Å². The van der Waals surface area contributed by atoms with Gasteiger partial charge >= 0.3 is 11.9 Å². The highest BCUT2D eigenvalue weighted by molar-refractivity contribution is 6.23. The molecule has 31 heavy (non-hydrogen) atoms. The summed E-state index contributed by atoms with van der Waals surface area (Å²) in [6.45, 7) is 10.3. The normalized spacial score (nSPS) is 18.3. The summed E-state index contributed by atoms with van der Waals surface area (Å²) >= 11 is 0. The Hall–Kier alpha value is -3.09. The number of esters is 2. The Bertz CT molecular complexity index is 1010.